The van der Waals surface area contributed by atoms with Crippen molar-refractivity contribution < 1.29 is 4.74 Å². The van der Waals surface area contributed by atoms with Gasteiger partial charge in [-0.1, -0.05) is 24.3 Å². The number of guanidine groups is 1. The van der Waals surface area contributed by atoms with Crippen molar-refractivity contribution in [3.05, 3.63) is 59.9 Å². The highest BCUT2D eigenvalue weighted by molar-refractivity contribution is 14.0. The molecule has 0 amide bonds. The van der Waals surface area contributed by atoms with Crippen molar-refractivity contribution in [1.82, 2.24) is 20.2 Å². The van der Waals surface area contributed by atoms with Gasteiger partial charge in [-0.05, 0) is 36.8 Å². The van der Waals surface area contributed by atoms with Crippen LogP contribution < -0.4 is 15.4 Å². The lowest BCUT2D eigenvalue weighted by molar-refractivity contribution is 0.414. The molecule has 2 N–H and O–H groups in total. The number of aryl methyl sites for hydroxylation is 1. The molecule has 0 aliphatic carbocycles. The molecule has 0 bridgehead atoms. The van der Waals surface area contributed by atoms with E-state index >= 15 is 0 Å². The summed E-state index contributed by atoms with van der Waals surface area (Å²) in [6.07, 6.45) is 0. The minimum atomic E-state index is 0. The van der Waals surface area contributed by atoms with Crippen molar-refractivity contribution in [2.45, 2.75) is 20.0 Å². The standard InChI is InChI=1S/C20H25N5O.HI/c1-15-24-18-6-4-5-7-19(18)25(15)13-12-22-20(21-2)23-14-16-8-10-17(26-3)11-9-16;/h4-11H,12-14H2,1-3H3,(H2,21,22,23);1H. The van der Waals surface area contributed by atoms with Crippen molar-refractivity contribution in [2.24, 2.45) is 4.99 Å². The Morgan fingerprint density at radius 3 is 2.56 bits per heavy atom. The molecule has 7 heteroatoms. The molecule has 0 unspecified atom stereocenters. The molecule has 1 heterocycles. The Kier molecular flexibility index (Phi) is 7.90. The fourth-order valence-corrected chi connectivity index (χ4v) is 2.91. The highest BCUT2D eigenvalue weighted by Crippen LogP contribution is 2.14. The highest BCUT2D eigenvalue weighted by Gasteiger charge is 2.06. The van der Waals surface area contributed by atoms with Crippen LogP contribution in [0, 0.1) is 6.92 Å². The van der Waals surface area contributed by atoms with Crippen LogP contribution in [0.5, 0.6) is 5.75 Å². The van der Waals surface area contributed by atoms with Gasteiger partial charge in [0.05, 0.1) is 18.1 Å². The number of rotatable bonds is 6. The number of aromatic nitrogens is 2. The topological polar surface area (TPSA) is 63.5 Å². The van der Waals surface area contributed by atoms with Gasteiger partial charge in [0.15, 0.2) is 5.96 Å². The first-order valence-corrected chi connectivity index (χ1v) is 8.70. The number of hydrogen-bond donors (Lipinski definition) is 2. The zero-order valence-electron chi connectivity index (χ0n) is 15.9. The molecule has 0 atom stereocenters. The van der Waals surface area contributed by atoms with Crippen molar-refractivity contribution in [1.29, 1.82) is 0 Å². The van der Waals surface area contributed by atoms with E-state index < -0.39 is 0 Å². The molecule has 2 aromatic carbocycles. The van der Waals surface area contributed by atoms with Gasteiger partial charge in [-0.3, -0.25) is 4.99 Å². The number of hydrogen-bond acceptors (Lipinski definition) is 3. The molecule has 6 nitrogen and oxygen atoms in total. The van der Waals surface area contributed by atoms with E-state index in [1.807, 2.05) is 49.4 Å². The van der Waals surface area contributed by atoms with Crippen molar-refractivity contribution in [3.8, 4) is 5.75 Å². The zero-order chi connectivity index (χ0) is 18.4. The second-order valence-electron chi connectivity index (χ2n) is 6.00. The molecule has 0 fully saturated rings. The van der Waals surface area contributed by atoms with Gasteiger partial charge in [-0.15, -0.1) is 24.0 Å². The number of benzene rings is 2. The number of para-hydroxylation sites is 2. The number of aliphatic imine (C=N–C) groups is 1. The van der Waals surface area contributed by atoms with E-state index in [9.17, 15) is 0 Å². The van der Waals surface area contributed by atoms with Gasteiger partial charge in [0.2, 0.25) is 0 Å². The van der Waals surface area contributed by atoms with E-state index in [-0.39, 0.29) is 24.0 Å². The van der Waals surface area contributed by atoms with Crippen LogP contribution in [0.2, 0.25) is 0 Å². The van der Waals surface area contributed by atoms with Crippen molar-refractivity contribution in [3.63, 3.8) is 0 Å². The summed E-state index contributed by atoms with van der Waals surface area (Å²) in [7, 11) is 3.45. The molecule has 0 aliphatic heterocycles. The van der Waals surface area contributed by atoms with Gasteiger partial charge in [-0.2, -0.15) is 0 Å². The fraction of sp³-hybridized carbons (Fsp3) is 0.300. The van der Waals surface area contributed by atoms with Crippen LogP contribution in [0.1, 0.15) is 11.4 Å². The van der Waals surface area contributed by atoms with E-state index in [2.05, 4.69) is 31.2 Å². The lowest BCUT2D eigenvalue weighted by atomic mass is 10.2. The summed E-state index contributed by atoms with van der Waals surface area (Å²) >= 11 is 0. The molecular weight excluding hydrogens is 453 g/mol. The molecule has 0 spiro atoms. The van der Waals surface area contributed by atoms with Crippen LogP contribution >= 0.6 is 24.0 Å². The maximum Gasteiger partial charge on any atom is 0.191 e. The van der Waals surface area contributed by atoms with E-state index in [1.54, 1.807) is 14.2 Å². The SMILES string of the molecule is CN=C(NCCn1c(C)nc2ccccc21)NCc1ccc(OC)cc1.I. The summed E-state index contributed by atoms with van der Waals surface area (Å²) in [6, 6.07) is 16.2. The minimum Gasteiger partial charge on any atom is -0.497 e. The van der Waals surface area contributed by atoms with Crippen molar-refractivity contribution in [2.75, 3.05) is 20.7 Å². The van der Waals surface area contributed by atoms with Gasteiger partial charge in [0.1, 0.15) is 11.6 Å². The molecule has 3 rings (SSSR count). The number of imidazole rings is 1. The van der Waals surface area contributed by atoms with Gasteiger partial charge >= 0.3 is 0 Å². The number of ether oxygens (including phenoxy) is 1. The Morgan fingerprint density at radius 1 is 1.11 bits per heavy atom. The number of nitrogens with zero attached hydrogens (tertiary/aromatic N) is 3. The average molecular weight is 479 g/mol. The summed E-state index contributed by atoms with van der Waals surface area (Å²) in [5, 5.41) is 6.69. The number of halogens is 1. The third-order valence-electron chi connectivity index (χ3n) is 4.32. The summed E-state index contributed by atoms with van der Waals surface area (Å²) in [5.74, 6) is 2.66. The molecule has 0 aliphatic rings. The van der Waals surface area contributed by atoms with Crippen molar-refractivity contribution >= 4 is 41.0 Å². The molecule has 0 saturated carbocycles. The summed E-state index contributed by atoms with van der Waals surface area (Å²) < 4.78 is 7.40. The monoisotopic (exact) mass is 479 g/mol. The quantitative estimate of drug-likeness (QED) is 0.324. The van der Waals surface area contributed by atoms with Gasteiger partial charge < -0.3 is 19.9 Å². The zero-order valence-corrected chi connectivity index (χ0v) is 18.2. The molecule has 0 saturated heterocycles. The summed E-state index contributed by atoms with van der Waals surface area (Å²) in [4.78, 5) is 8.89. The Labute approximate surface area is 177 Å². The highest BCUT2D eigenvalue weighted by atomic mass is 127. The molecule has 27 heavy (non-hydrogen) atoms. The second-order valence-corrected chi connectivity index (χ2v) is 6.00. The first kappa shape index (κ1) is 21.0. The predicted molar refractivity (Wildman–Crippen MR) is 121 cm³/mol. The number of fused-ring (bicyclic) bond motifs is 1. The molecule has 0 radical (unpaired) electrons. The van der Waals surface area contributed by atoms with Gasteiger partial charge in [0, 0.05) is 26.7 Å². The van der Waals surface area contributed by atoms with Crippen LogP contribution in [0.4, 0.5) is 0 Å². The van der Waals surface area contributed by atoms with Crippen LogP contribution in [0.15, 0.2) is 53.5 Å². The summed E-state index contributed by atoms with van der Waals surface area (Å²) in [5.41, 5.74) is 3.37. The Morgan fingerprint density at radius 2 is 1.85 bits per heavy atom. The van der Waals surface area contributed by atoms with Crippen LogP contribution in [-0.2, 0) is 13.1 Å². The summed E-state index contributed by atoms with van der Waals surface area (Å²) in [6.45, 7) is 4.34. The van der Waals surface area contributed by atoms with Crippen LogP contribution in [0.3, 0.4) is 0 Å². The average Bonchev–Trinajstić information content (AvgIpc) is 3.00. The maximum atomic E-state index is 5.18. The van der Waals surface area contributed by atoms with E-state index in [1.165, 1.54) is 5.56 Å². The number of methoxy groups -OCH3 is 1. The fourth-order valence-electron chi connectivity index (χ4n) is 2.91. The maximum absolute atomic E-state index is 5.18. The lowest BCUT2D eigenvalue weighted by Gasteiger charge is -2.13. The first-order valence-electron chi connectivity index (χ1n) is 8.70. The lowest BCUT2D eigenvalue weighted by Crippen LogP contribution is -2.38. The third kappa shape index (κ3) is 5.35. The van der Waals surface area contributed by atoms with Crippen LogP contribution in [-0.4, -0.2) is 36.2 Å². The molecule has 144 valence electrons. The van der Waals surface area contributed by atoms with Gasteiger partial charge in [0.25, 0.3) is 0 Å². The molecule has 1 aromatic heterocycles. The van der Waals surface area contributed by atoms with Gasteiger partial charge in [-0.25, -0.2) is 4.98 Å². The van der Waals surface area contributed by atoms with E-state index in [0.29, 0.717) is 6.54 Å². The van der Waals surface area contributed by atoms with Crippen LogP contribution in [0.25, 0.3) is 11.0 Å². The Hall–Kier alpha value is -2.29. The smallest absolute Gasteiger partial charge is 0.191 e. The van der Waals surface area contributed by atoms with E-state index in [0.717, 1.165) is 41.7 Å². The Bertz CT molecular complexity index is 889. The third-order valence-corrected chi connectivity index (χ3v) is 4.32. The predicted octanol–water partition coefficient (Wildman–Crippen LogP) is 3.34. The Balaban J connectivity index is 0.00000261. The second kappa shape index (κ2) is 10.1. The largest absolute Gasteiger partial charge is 0.497 e. The minimum absolute atomic E-state index is 0. The number of nitrogens with one attached hydrogen (secondary N) is 2. The normalized spacial score (nSPS) is 11.1. The molecule has 3 aromatic rings. The van der Waals surface area contributed by atoms with E-state index in [4.69, 9.17) is 4.74 Å². The molecular formula is C20H26IN5O. The first-order chi connectivity index (χ1) is 12.7.